The van der Waals surface area contributed by atoms with Crippen LogP contribution in [-0.2, 0) is 13.5 Å². The number of pyridine rings is 1. The monoisotopic (exact) mass is 332 g/mol. The molecule has 0 aliphatic carbocycles. The summed E-state index contributed by atoms with van der Waals surface area (Å²) in [5.41, 5.74) is 4.21. The number of anilines is 1. The average Bonchev–Trinajstić information content (AvgIpc) is 2.98. The van der Waals surface area contributed by atoms with Gasteiger partial charge < -0.3 is 10.1 Å². The van der Waals surface area contributed by atoms with E-state index in [1.165, 1.54) is 5.39 Å². The molecule has 4 aromatic rings. The Balaban J connectivity index is 1.57. The highest BCUT2D eigenvalue weighted by molar-refractivity contribution is 5.94. The summed E-state index contributed by atoms with van der Waals surface area (Å²) in [5, 5.41) is 10.5. The van der Waals surface area contributed by atoms with Gasteiger partial charge >= 0.3 is 0 Å². The minimum absolute atomic E-state index is 0.789. The van der Waals surface area contributed by atoms with Gasteiger partial charge in [0.25, 0.3) is 0 Å². The third-order valence-electron chi connectivity index (χ3n) is 4.47. The van der Waals surface area contributed by atoms with Gasteiger partial charge in [-0.05, 0) is 18.2 Å². The summed E-state index contributed by atoms with van der Waals surface area (Å²) < 4.78 is 7.35. The minimum atomic E-state index is 0.789. The smallest absolute Gasteiger partial charge is 0.145 e. The number of nitrogens with zero attached hydrogens (tertiary/aromatic N) is 3. The molecule has 0 fully saturated rings. The second-order valence-electron chi connectivity index (χ2n) is 5.98. The summed E-state index contributed by atoms with van der Waals surface area (Å²) in [4.78, 5) is 4.44. The quantitative estimate of drug-likeness (QED) is 0.604. The van der Waals surface area contributed by atoms with Crippen LogP contribution in [-0.4, -0.2) is 28.4 Å². The number of nitrogens with one attached hydrogen (secondary N) is 1. The zero-order chi connectivity index (χ0) is 17.2. The van der Waals surface area contributed by atoms with Crippen molar-refractivity contribution >= 4 is 27.5 Å². The van der Waals surface area contributed by atoms with Gasteiger partial charge in [-0.3, -0.25) is 9.67 Å². The van der Waals surface area contributed by atoms with Crippen LogP contribution in [0.5, 0.6) is 5.75 Å². The standard InChI is InChI=1S/C20H20N4O/c1-24-18-8-4-3-6-14(18)17(23-24)11-12-21-16-10-13-22-20-15(16)7-5-9-19(20)25-2/h3-10,13H,11-12H2,1-2H3,(H,21,22). The first-order valence-corrected chi connectivity index (χ1v) is 8.34. The lowest BCUT2D eigenvalue weighted by Crippen LogP contribution is -2.06. The lowest BCUT2D eigenvalue weighted by Gasteiger charge is -2.10. The highest BCUT2D eigenvalue weighted by Gasteiger charge is 2.09. The predicted octanol–water partition coefficient (Wildman–Crippen LogP) is 3.78. The number of rotatable bonds is 5. The highest BCUT2D eigenvalue weighted by Crippen LogP contribution is 2.28. The van der Waals surface area contributed by atoms with Gasteiger partial charge in [0.2, 0.25) is 0 Å². The van der Waals surface area contributed by atoms with Gasteiger partial charge in [0.05, 0.1) is 18.3 Å². The Morgan fingerprint density at radius 2 is 1.88 bits per heavy atom. The molecule has 0 aliphatic rings. The fourth-order valence-electron chi connectivity index (χ4n) is 3.26. The SMILES string of the molecule is COc1cccc2c(NCCc3nn(C)c4ccccc34)ccnc12. The molecule has 2 aromatic carbocycles. The number of aryl methyl sites for hydroxylation is 1. The van der Waals surface area contributed by atoms with E-state index in [0.717, 1.165) is 46.5 Å². The number of methoxy groups -OCH3 is 1. The molecule has 0 unspecified atom stereocenters. The third kappa shape index (κ3) is 2.78. The van der Waals surface area contributed by atoms with Crippen molar-refractivity contribution in [3.05, 3.63) is 60.4 Å². The van der Waals surface area contributed by atoms with E-state index in [9.17, 15) is 0 Å². The van der Waals surface area contributed by atoms with Crippen molar-refractivity contribution in [3.8, 4) is 5.75 Å². The van der Waals surface area contributed by atoms with Crippen LogP contribution < -0.4 is 10.1 Å². The van der Waals surface area contributed by atoms with Gasteiger partial charge in [-0.15, -0.1) is 0 Å². The number of aromatic nitrogens is 3. The molecule has 5 nitrogen and oxygen atoms in total. The molecule has 0 radical (unpaired) electrons. The molecule has 25 heavy (non-hydrogen) atoms. The second-order valence-corrected chi connectivity index (χ2v) is 5.98. The molecule has 0 atom stereocenters. The van der Waals surface area contributed by atoms with Crippen molar-refractivity contribution < 1.29 is 4.74 Å². The number of benzene rings is 2. The van der Waals surface area contributed by atoms with Gasteiger partial charge in [0.15, 0.2) is 0 Å². The Labute approximate surface area is 146 Å². The summed E-state index contributed by atoms with van der Waals surface area (Å²) in [6.45, 7) is 0.803. The van der Waals surface area contributed by atoms with Crippen LogP contribution in [0.1, 0.15) is 5.69 Å². The molecule has 0 saturated heterocycles. The van der Waals surface area contributed by atoms with E-state index in [2.05, 4.69) is 39.7 Å². The number of hydrogen-bond acceptors (Lipinski definition) is 4. The fraction of sp³-hybridized carbons (Fsp3) is 0.200. The Hall–Kier alpha value is -3.08. The van der Waals surface area contributed by atoms with Crippen LogP contribution in [0.3, 0.4) is 0 Å². The first-order chi connectivity index (χ1) is 12.3. The molecule has 5 heteroatoms. The fourth-order valence-corrected chi connectivity index (χ4v) is 3.26. The van der Waals surface area contributed by atoms with E-state index in [1.807, 2.05) is 42.2 Å². The minimum Gasteiger partial charge on any atom is -0.494 e. The van der Waals surface area contributed by atoms with Crippen LogP contribution in [0.4, 0.5) is 5.69 Å². The molecule has 0 saturated carbocycles. The molecular weight excluding hydrogens is 312 g/mol. The highest BCUT2D eigenvalue weighted by atomic mass is 16.5. The second kappa shape index (κ2) is 6.43. The molecule has 0 bridgehead atoms. The van der Waals surface area contributed by atoms with Crippen molar-refractivity contribution in [3.63, 3.8) is 0 Å². The summed E-state index contributed by atoms with van der Waals surface area (Å²) in [5.74, 6) is 0.789. The zero-order valence-corrected chi connectivity index (χ0v) is 14.4. The molecule has 0 spiro atoms. The Kier molecular flexibility index (Phi) is 3.98. The Bertz CT molecular complexity index is 1040. The van der Waals surface area contributed by atoms with E-state index in [-0.39, 0.29) is 0 Å². The lowest BCUT2D eigenvalue weighted by molar-refractivity contribution is 0.419. The molecule has 1 N–H and O–H groups in total. The summed E-state index contributed by atoms with van der Waals surface area (Å²) in [7, 11) is 3.66. The van der Waals surface area contributed by atoms with Crippen molar-refractivity contribution in [2.75, 3.05) is 19.0 Å². The maximum Gasteiger partial charge on any atom is 0.145 e. The summed E-state index contributed by atoms with van der Waals surface area (Å²) in [6.07, 6.45) is 2.67. The van der Waals surface area contributed by atoms with Crippen LogP contribution in [0, 0.1) is 0 Å². The normalized spacial score (nSPS) is 11.1. The maximum atomic E-state index is 5.40. The first kappa shape index (κ1) is 15.4. The van der Waals surface area contributed by atoms with E-state index < -0.39 is 0 Å². The predicted molar refractivity (Wildman–Crippen MR) is 101 cm³/mol. The molecule has 0 aliphatic heterocycles. The van der Waals surface area contributed by atoms with Gasteiger partial charge in [-0.25, -0.2) is 0 Å². The Morgan fingerprint density at radius 1 is 1.04 bits per heavy atom. The molecule has 4 rings (SSSR count). The topological polar surface area (TPSA) is 52.0 Å². The van der Waals surface area contributed by atoms with E-state index in [1.54, 1.807) is 7.11 Å². The van der Waals surface area contributed by atoms with Crippen LogP contribution in [0.15, 0.2) is 54.7 Å². The molecule has 126 valence electrons. The van der Waals surface area contributed by atoms with E-state index in [0.29, 0.717) is 0 Å². The molecular formula is C20H20N4O. The first-order valence-electron chi connectivity index (χ1n) is 8.34. The average molecular weight is 332 g/mol. The van der Waals surface area contributed by atoms with E-state index >= 15 is 0 Å². The third-order valence-corrected chi connectivity index (χ3v) is 4.47. The van der Waals surface area contributed by atoms with Gasteiger partial charge in [0.1, 0.15) is 11.3 Å². The lowest BCUT2D eigenvalue weighted by atomic mass is 10.1. The number of hydrogen-bond donors (Lipinski definition) is 1. The van der Waals surface area contributed by atoms with Gasteiger partial charge in [-0.1, -0.05) is 30.3 Å². The maximum absolute atomic E-state index is 5.40. The number of ether oxygens (including phenoxy) is 1. The van der Waals surface area contributed by atoms with Crippen molar-refractivity contribution in [1.29, 1.82) is 0 Å². The summed E-state index contributed by atoms with van der Waals surface area (Å²) >= 11 is 0. The largest absolute Gasteiger partial charge is 0.494 e. The number of fused-ring (bicyclic) bond motifs is 2. The van der Waals surface area contributed by atoms with Crippen molar-refractivity contribution in [2.24, 2.45) is 7.05 Å². The molecule has 2 heterocycles. The van der Waals surface area contributed by atoms with Crippen LogP contribution in [0.2, 0.25) is 0 Å². The molecule has 2 aromatic heterocycles. The zero-order valence-electron chi connectivity index (χ0n) is 14.4. The van der Waals surface area contributed by atoms with Crippen molar-refractivity contribution in [1.82, 2.24) is 14.8 Å². The van der Waals surface area contributed by atoms with Gasteiger partial charge in [-0.2, -0.15) is 5.10 Å². The van der Waals surface area contributed by atoms with Gasteiger partial charge in [0, 0.05) is 42.7 Å². The number of para-hydroxylation sites is 2. The van der Waals surface area contributed by atoms with Crippen LogP contribution in [0.25, 0.3) is 21.8 Å². The Morgan fingerprint density at radius 3 is 2.76 bits per heavy atom. The summed E-state index contributed by atoms with van der Waals surface area (Å²) in [6, 6.07) is 16.3. The molecule has 0 amide bonds. The van der Waals surface area contributed by atoms with E-state index in [4.69, 9.17) is 4.74 Å². The van der Waals surface area contributed by atoms with Crippen LogP contribution >= 0.6 is 0 Å². The van der Waals surface area contributed by atoms with Crippen molar-refractivity contribution in [2.45, 2.75) is 6.42 Å².